The quantitative estimate of drug-likeness (QED) is 0.518. The predicted molar refractivity (Wildman–Crippen MR) is 117 cm³/mol. The van der Waals surface area contributed by atoms with Crippen LogP contribution in [0.2, 0.25) is 0 Å². The fourth-order valence-corrected chi connectivity index (χ4v) is 3.41. The molecule has 2 N–H and O–H groups in total. The maximum absolute atomic E-state index is 12.5. The van der Waals surface area contributed by atoms with Gasteiger partial charge in [0.2, 0.25) is 0 Å². The number of nitrogens with zero attached hydrogens (tertiary/aromatic N) is 1. The highest BCUT2D eigenvalue weighted by Crippen LogP contribution is 2.26. The lowest BCUT2D eigenvalue weighted by atomic mass is 10.0. The van der Waals surface area contributed by atoms with E-state index in [0.717, 1.165) is 21.7 Å². The molecule has 1 aromatic heterocycles. The predicted octanol–water partition coefficient (Wildman–Crippen LogP) is 5.56. The van der Waals surface area contributed by atoms with Crippen LogP contribution < -0.4 is 10.0 Å². The van der Waals surface area contributed by atoms with Crippen LogP contribution in [-0.2, 0) is 6.54 Å². The first-order valence-corrected chi connectivity index (χ1v) is 10.1. The second-order valence-electron chi connectivity index (χ2n) is 7.00. The van der Waals surface area contributed by atoms with Crippen molar-refractivity contribution in [2.45, 2.75) is 38.1 Å². The Morgan fingerprint density at radius 3 is 2.57 bits per heavy atom. The summed E-state index contributed by atoms with van der Waals surface area (Å²) < 4.78 is 3.37. The topological polar surface area (TPSA) is 54.0 Å². The third-order valence-corrected chi connectivity index (χ3v) is 5.33. The van der Waals surface area contributed by atoms with Gasteiger partial charge >= 0.3 is 0 Å². The summed E-state index contributed by atoms with van der Waals surface area (Å²) >= 11 is 1.55. The molecule has 0 radical (unpaired) electrons. The molecule has 0 aliphatic carbocycles. The smallest absolute Gasteiger partial charge is 0.251 e. The number of amides is 1. The van der Waals surface area contributed by atoms with Crippen LogP contribution in [0.3, 0.4) is 0 Å². The summed E-state index contributed by atoms with van der Waals surface area (Å²) in [6.45, 7) is 6.87. The lowest BCUT2D eigenvalue weighted by Crippen LogP contribution is -2.22. The average molecular weight is 392 g/mol. The Labute approximate surface area is 170 Å². The minimum absolute atomic E-state index is 0.0989. The van der Waals surface area contributed by atoms with Crippen molar-refractivity contribution in [2.75, 3.05) is 4.72 Å². The van der Waals surface area contributed by atoms with Crippen LogP contribution in [0.1, 0.15) is 46.8 Å². The standard InChI is InChI=1S/C23H25N3OS/c1-16(2)19-8-10-21(11-9-19)28-26-22-13-20(7-6-17(22)3)23(27)25-15-18-5-4-12-24-14-18/h4-14,16,26H,15H2,1-3H3,(H,25,27). The number of anilines is 1. The molecule has 0 bridgehead atoms. The van der Waals surface area contributed by atoms with E-state index < -0.39 is 0 Å². The summed E-state index contributed by atoms with van der Waals surface area (Å²) in [5, 5.41) is 2.94. The Kier molecular flexibility index (Phi) is 6.71. The van der Waals surface area contributed by atoms with E-state index >= 15 is 0 Å². The first-order valence-electron chi connectivity index (χ1n) is 9.33. The molecule has 0 saturated carbocycles. The van der Waals surface area contributed by atoms with Crippen molar-refractivity contribution in [1.82, 2.24) is 10.3 Å². The van der Waals surface area contributed by atoms with Gasteiger partial charge in [0.1, 0.15) is 0 Å². The first kappa shape index (κ1) is 20.0. The number of hydrogen-bond donors (Lipinski definition) is 2. The van der Waals surface area contributed by atoms with E-state index in [2.05, 4.69) is 53.1 Å². The van der Waals surface area contributed by atoms with Crippen LogP contribution in [0.5, 0.6) is 0 Å². The number of nitrogens with one attached hydrogen (secondary N) is 2. The molecule has 28 heavy (non-hydrogen) atoms. The van der Waals surface area contributed by atoms with Crippen molar-refractivity contribution in [3.05, 3.63) is 89.2 Å². The summed E-state index contributed by atoms with van der Waals surface area (Å²) in [4.78, 5) is 17.7. The minimum Gasteiger partial charge on any atom is -0.348 e. The molecule has 3 rings (SSSR count). The van der Waals surface area contributed by atoms with Crippen LogP contribution in [0.4, 0.5) is 5.69 Å². The van der Waals surface area contributed by atoms with Crippen molar-refractivity contribution in [3.8, 4) is 0 Å². The molecular weight excluding hydrogens is 366 g/mol. The van der Waals surface area contributed by atoms with Crippen molar-refractivity contribution in [1.29, 1.82) is 0 Å². The van der Waals surface area contributed by atoms with Crippen LogP contribution in [0, 0.1) is 6.92 Å². The van der Waals surface area contributed by atoms with Gasteiger partial charge in [-0.25, -0.2) is 0 Å². The second kappa shape index (κ2) is 9.42. The number of benzene rings is 2. The zero-order valence-electron chi connectivity index (χ0n) is 16.4. The molecule has 1 heterocycles. The Balaban J connectivity index is 1.63. The molecule has 0 saturated heterocycles. The molecule has 2 aromatic carbocycles. The van der Waals surface area contributed by atoms with E-state index in [9.17, 15) is 4.79 Å². The van der Waals surface area contributed by atoms with Crippen LogP contribution in [0.25, 0.3) is 0 Å². The van der Waals surface area contributed by atoms with Crippen molar-refractivity contribution >= 4 is 23.5 Å². The number of rotatable bonds is 7. The van der Waals surface area contributed by atoms with Gasteiger partial charge in [-0.3, -0.25) is 9.78 Å². The maximum atomic E-state index is 12.5. The molecule has 1 amide bonds. The van der Waals surface area contributed by atoms with E-state index in [0.29, 0.717) is 18.0 Å². The first-order chi connectivity index (χ1) is 13.5. The summed E-state index contributed by atoms with van der Waals surface area (Å²) in [6.07, 6.45) is 3.47. The second-order valence-corrected chi connectivity index (χ2v) is 7.88. The molecule has 0 aliphatic rings. The number of carbonyl (C=O) groups excluding carboxylic acids is 1. The van der Waals surface area contributed by atoms with Crippen molar-refractivity contribution < 1.29 is 4.79 Å². The van der Waals surface area contributed by atoms with Crippen molar-refractivity contribution in [3.63, 3.8) is 0 Å². The summed E-state index contributed by atoms with van der Waals surface area (Å²) in [7, 11) is 0. The molecule has 0 unspecified atom stereocenters. The van der Waals surface area contributed by atoms with E-state index in [-0.39, 0.29) is 5.91 Å². The fourth-order valence-electron chi connectivity index (χ4n) is 2.69. The number of hydrogen-bond acceptors (Lipinski definition) is 4. The lowest BCUT2D eigenvalue weighted by Gasteiger charge is -2.12. The molecule has 144 valence electrons. The van der Waals surface area contributed by atoms with Crippen LogP contribution >= 0.6 is 11.9 Å². The summed E-state index contributed by atoms with van der Waals surface area (Å²) in [5.41, 5.74) is 4.96. The van der Waals surface area contributed by atoms with E-state index in [1.165, 1.54) is 5.56 Å². The fraction of sp³-hybridized carbons (Fsp3) is 0.217. The Morgan fingerprint density at radius 2 is 1.89 bits per heavy atom. The largest absolute Gasteiger partial charge is 0.348 e. The van der Waals surface area contributed by atoms with Gasteiger partial charge in [-0.15, -0.1) is 0 Å². The molecule has 0 fully saturated rings. The number of aryl methyl sites for hydroxylation is 1. The highest BCUT2D eigenvalue weighted by atomic mass is 32.2. The van der Waals surface area contributed by atoms with Gasteiger partial charge in [-0.2, -0.15) is 0 Å². The molecule has 4 nitrogen and oxygen atoms in total. The number of pyridine rings is 1. The van der Waals surface area contributed by atoms with Gasteiger partial charge in [0.05, 0.1) is 0 Å². The Hall–Kier alpha value is -2.79. The summed E-state index contributed by atoms with van der Waals surface area (Å²) in [6, 6.07) is 18.1. The van der Waals surface area contributed by atoms with Gasteiger partial charge in [0.25, 0.3) is 5.91 Å². The number of aromatic nitrogens is 1. The molecule has 0 aliphatic heterocycles. The normalized spacial score (nSPS) is 10.7. The van der Waals surface area contributed by atoms with E-state index in [4.69, 9.17) is 0 Å². The highest BCUT2D eigenvalue weighted by Gasteiger charge is 2.09. The third kappa shape index (κ3) is 5.36. The zero-order valence-corrected chi connectivity index (χ0v) is 17.2. The minimum atomic E-state index is -0.0989. The third-order valence-electron chi connectivity index (χ3n) is 4.50. The average Bonchev–Trinajstić information content (AvgIpc) is 2.72. The lowest BCUT2D eigenvalue weighted by molar-refractivity contribution is 0.0951. The summed E-state index contributed by atoms with van der Waals surface area (Å²) in [5.74, 6) is 0.425. The Bertz CT molecular complexity index is 924. The molecule has 5 heteroatoms. The molecule has 3 aromatic rings. The van der Waals surface area contributed by atoms with Gasteiger partial charge in [-0.1, -0.05) is 38.1 Å². The molecule has 0 atom stereocenters. The zero-order chi connectivity index (χ0) is 19.9. The van der Waals surface area contributed by atoms with Crippen molar-refractivity contribution in [2.24, 2.45) is 0 Å². The van der Waals surface area contributed by atoms with Gasteiger partial charge < -0.3 is 10.0 Å². The monoisotopic (exact) mass is 391 g/mol. The van der Waals surface area contributed by atoms with Gasteiger partial charge in [-0.05, 0) is 71.8 Å². The van der Waals surface area contributed by atoms with E-state index in [1.54, 1.807) is 24.3 Å². The van der Waals surface area contributed by atoms with Gasteiger partial charge in [0, 0.05) is 35.1 Å². The van der Waals surface area contributed by atoms with Gasteiger partial charge in [0.15, 0.2) is 0 Å². The number of carbonyl (C=O) groups is 1. The van der Waals surface area contributed by atoms with Crippen LogP contribution in [0.15, 0.2) is 71.9 Å². The van der Waals surface area contributed by atoms with E-state index in [1.807, 2.05) is 37.3 Å². The van der Waals surface area contributed by atoms with Crippen LogP contribution in [-0.4, -0.2) is 10.9 Å². The molecular formula is C23H25N3OS. The highest BCUT2D eigenvalue weighted by molar-refractivity contribution is 8.00. The SMILES string of the molecule is Cc1ccc(C(=O)NCc2cccnc2)cc1NSc1ccc(C(C)C)cc1. The Morgan fingerprint density at radius 1 is 1.11 bits per heavy atom. The molecule has 0 spiro atoms. The maximum Gasteiger partial charge on any atom is 0.251 e.